The minimum absolute atomic E-state index is 0.150. The van der Waals surface area contributed by atoms with Crippen LogP contribution in [0.1, 0.15) is 17.0 Å². The first-order valence-corrected chi connectivity index (χ1v) is 5.90. The molecule has 94 valence electrons. The zero-order chi connectivity index (χ0) is 13.1. The van der Waals surface area contributed by atoms with Crippen molar-refractivity contribution >= 4 is 23.2 Å². The highest BCUT2D eigenvalue weighted by Crippen LogP contribution is 2.20. The van der Waals surface area contributed by atoms with Gasteiger partial charge in [-0.15, -0.1) is 0 Å². The maximum Gasteiger partial charge on any atom is 0.230 e. The Kier molecular flexibility index (Phi) is 3.67. The van der Waals surface area contributed by atoms with Gasteiger partial charge in [-0.2, -0.15) is 0 Å². The van der Waals surface area contributed by atoms with Gasteiger partial charge in [0.05, 0.1) is 12.1 Å². The van der Waals surface area contributed by atoms with E-state index >= 15 is 0 Å². The molecule has 0 radical (unpaired) electrons. The lowest BCUT2D eigenvalue weighted by Gasteiger charge is -2.05. The zero-order valence-corrected chi connectivity index (χ0v) is 10.9. The number of nitrogens with one attached hydrogen (secondary N) is 1. The molecule has 0 atom stereocenters. The Balaban J connectivity index is 2.00. The van der Waals surface area contributed by atoms with Gasteiger partial charge in [0.15, 0.2) is 0 Å². The monoisotopic (exact) mass is 264 g/mol. The zero-order valence-electron chi connectivity index (χ0n) is 10.2. The van der Waals surface area contributed by atoms with Gasteiger partial charge in [-0.1, -0.05) is 22.8 Å². The Morgan fingerprint density at radius 2 is 2.17 bits per heavy atom. The summed E-state index contributed by atoms with van der Waals surface area (Å²) < 4.78 is 4.90. The number of halogens is 1. The highest BCUT2D eigenvalue weighted by atomic mass is 35.5. The average molecular weight is 265 g/mol. The van der Waals surface area contributed by atoms with E-state index in [1.165, 1.54) is 0 Å². The Labute approximate surface area is 110 Å². The fraction of sp³-hybridized carbons (Fsp3) is 0.231. The molecule has 5 heteroatoms. The summed E-state index contributed by atoms with van der Waals surface area (Å²) in [5.41, 5.74) is 2.26. The summed E-state index contributed by atoms with van der Waals surface area (Å²) in [4.78, 5) is 11.8. The largest absolute Gasteiger partial charge is 0.361 e. The summed E-state index contributed by atoms with van der Waals surface area (Å²) in [5, 5.41) is 7.16. The Hall–Kier alpha value is -1.81. The number of anilines is 1. The number of rotatable bonds is 3. The van der Waals surface area contributed by atoms with Gasteiger partial charge in [0, 0.05) is 16.8 Å². The molecule has 0 saturated heterocycles. The first-order chi connectivity index (χ1) is 8.54. The number of nitrogens with zero attached hydrogens (tertiary/aromatic N) is 1. The van der Waals surface area contributed by atoms with Crippen molar-refractivity contribution in [3.8, 4) is 0 Å². The van der Waals surface area contributed by atoms with Crippen molar-refractivity contribution in [1.29, 1.82) is 0 Å². The number of carbonyl (C=O) groups excluding carboxylic acids is 1. The van der Waals surface area contributed by atoms with Crippen LogP contribution in [0.3, 0.4) is 0 Å². The molecule has 0 saturated carbocycles. The molecule has 1 aromatic heterocycles. The minimum atomic E-state index is -0.150. The molecule has 0 spiro atoms. The van der Waals surface area contributed by atoms with Gasteiger partial charge in [-0.25, -0.2) is 0 Å². The lowest BCUT2D eigenvalue weighted by atomic mass is 10.2. The number of hydrogen-bond donors (Lipinski definition) is 1. The molecule has 1 heterocycles. The van der Waals surface area contributed by atoms with Crippen LogP contribution in [0.4, 0.5) is 5.69 Å². The highest BCUT2D eigenvalue weighted by molar-refractivity contribution is 6.31. The van der Waals surface area contributed by atoms with Gasteiger partial charge in [-0.3, -0.25) is 4.79 Å². The predicted molar refractivity (Wildman–Crippen MR) is 69.8 cm³/mol. The fourth-order valence-electron chi connectivity index (χ4n) is 1.54. The normalized spacial score (nSPS) is 10.4. The Bertz CT molecular complexity index is 578. The molecule has 4 nitrogen and oxygen atoms in total. The molecular formula is C13H13ClN2O2. The van der Waals surface area contributed by atoms with Crippen molar-refractivity contribution in [2.45, 2.75) is 20.3 Å². The van der Waals surface area contributed by atoms with E-state index in [2.05, 4.69) is 10.5 Å². The van der Waals surface area contributed by atoms with E-state index in [1.54, 1.807) is 19.1 Å². The van der Waals surface area contributed by atoms with E-state index in [0.29, 0.717) is 22.2 Å². The molecule has 2 aromatic rings. The predicted octanol–water partition coefficient (Wildman–Crippen LogP) is 3.13. The SMILES string of the molecule is Cc1cc(CC(=O)Nc2ccc(C)c(Cl)c2)no1. The summed E-state index contributed by atoms with van der Waals surface area (Å²) >= 11 is 5.98. The summed E-state index contributed by atoms with van der Waals surface area (Å²) in [7, 11) is 0. The van der Waals surface area contributed by atoms with Gasteiger partial charge in [0.1, 0.15) is 5.76 Å². The number of carbonyl (C=O) groups is 1. The maximum absolute atomic E-state index is 11.8. The number of aromatic nitrogens is 1. The van der Waals surface area contributed by atoms with Gasteiger partial charge in [0.2, 0.25) is 5.91 Å². The third kappa shape index (κ3) is 3.11. The molecule has 1 N–H and O–H groups in total. The molecule has 18 heavy (non-hydrogen) atoms. The van der Waals surface area contributed by atoms with Crippen LogP contribution in [0.25, 0.3) is 0 Å². The first kappa shape index (κ1) is 12.6. The standard InChI is InChI=1S/C13H13ClN2O2/c1-8-3-4-10(6-12(8)14)15-13(17)7-11-5-9(2)18-16-11/h3-6H,7H2,1-2H3,(H,15,17). The summed E-state index contributed by atoms with van der Waals surface area (Å²) in [6.07, 6.45) is 0.183. The number of hydrogen-bond acceptors (Lipinski definition) is 3. The third-order valence-electron chi connectivity index (χ3n) is 2.47. The van der Waals surface area contributed by atoms with Gasteiger partial charge in [-0.05, 0) is 31.5 Å². The van der Waals surface area contributed by atoms with E-state index in [9.17, 15) is 4.79 Å². The number of aryl methyl sites for hydroxylation is 2. The Morgan fingerprint density at radius 3 is 2.78 bits per heavy atom. The van der Waals surface area contributed by atoms with Crippen molar-refractivity contribution < 1.29 is 9.32 Å². The second-order valence-electron chi connectivity index (χ2n) is 4.12. The average Bonchev–Trinajstić information content (AvgIpc) is 2.69. The highest BCUT2D eigenvalue weighted by Gasteiger charge is 2.08. The second kappa shape index (κ2) is 5.23. The van der Waals surface area contributed by atoms with Crippen LogP contribution in [0.15, 0.2) is 28.8 Å². The van der Waals surface area contributed by atoms with Crippen molar-refractivity contribution in [2.24, 2.45) is 0 Å². The molecule has 1 amide bonds. The second-order valence-corrected chi connectivity index (χ2v) is 4.53. The van der Waals surface area contributed by atoms with Gasteiger partial charge >= 0.3 is 0 Å². The van der Waals surface area contributed by atoms with Crippen molar-refractivity contribution in [3.05, 3.63) is 46.3 Å². The van der Waals surface area contributed by atoms with Crippen molar-refractivity contribution in [1.82, 2.24) is 5.16 Å². The van der Waals surface area contributed by atoms with E-state index in [-0.39, 0.29) is 12.3 Å². The van der Waals surface area contributed by atoms with E-state index < -0.39 is 0 Å². The van der Waals surface area contributed by atoms with Crippen LogP contribution in [0.2, 0.25) is 5.02 Å². The number of benzene rings is 1. The molecule has 2 rings (SSSR count). The molecule has 0 aliphatic heterocycles. The van der Waals surface area contributed by atoms with E-state index in [0.717, 1.165) is 5.56 Å². The van der Waals surface area contributed by atoms with Crippen LogP contribution in [0, 0.1) is 13.8 Å². The fourth-order valence-corrected chi connectivity index (χ4v) is 1.72. The quantitative estimate of drug-likeness (QED) is 0.927. The molecule has 0 aliphatic rings. The molecule has 0 unspecified atom stereocenters. The van der Waals surface area contributed by atoms with Gasteiger partial charge in [0.25, 0.3) is 0 Å². The smallest absolute Gasteiger partial charge is 0.230 e. The molecular weight excluding hydrogens is 252 g/mol. The Morgan fingerprint density at radius 1 is 1.39 bits per heavy atom. The van der Waals surface area contributed by atoms with Crippen LogP contribution in [-0.4, -0.2) is 11.1 Å². The van der Waals surface area contributed by atoms with Crippen LogP contribution < -0.4 is 5.32 Å². The minimum Gasteiger partial charge on any atom is -0.361 e. The summed E-state index contributed by atoms with van der Waals surface area (Å²) in [6, 6.07) is 7.13. The summed E-state index contributed by atoms with van der Waals surface area (Å²) in [5.74, 6) is 0.541. The number of amides is 1. The molecule has 1 aromatic carbocycles. The summed E-state index contributed by atoms with van der Waals surface area (Å²) in [6.45, 7) is 3.69. The van der Waals surface area contributed by atoms with Crippen LogP contribution >= 0.6 is 11.6 Å². The first-order valence-electron chi connectivity index (χ1n) is 5.53. The molecule has 0 aliphatic carbocycles. The van der Waals surface area contributed by atoms with Gasteiger partial charge < -0.3 is 9.84 Å². The van der Waals surface area contributed by atoms with E-state index in [4.69, 9.17) is 16.1 Å². The lowest BCUT2D eigenvalue weighted by molar-refractivity contribution is -0.115. The van der Waals surface area contributed by atoms with Crippen molar-refractivity contribution in [2.75, 3.05) is 5.32 Å². The topological polar surface area (TPSA) is 55.1 Å². The van der Waals surface area contributed by atoms with E-state index in [1.807, 2.05) is 19.1 Å². The maximum atomic E-state index is 11.8. The van der Waals surface area contributed by atoms with Crippen LogP contribution in [0.5, 0.6) is 0 Å². The third-order valence-corrected chi connectivity index (χ3v) is 2.88. The van der Waals surface area contributed by atoms with Crippen LogP contribution in [-0.2, 0) is 11.2 Å². The molecule has 0 fully saturated rings. The lowest BCUT2D eigenvalue weighted by Crippen LogP contribution is -2.14. The molecule has 0 bridgehead atoms. The van der Waals surface area contributed by atoms with Crippen molar-refractivity contribution in [3.63, 3.8) is 0 Å².